The first-order valence-electron chi connectivity index (χ1n) is 4.88. The minimum atomic E-state index is -4.53. The maximum atomic E-state index is 12.5. The van der Waals surface area contributed by atoms with E-state index in [1.807, 2.05) is 0 Å². The van der Waals surface area contributed by atoms with Crippen molar-refractivity contribution in [3.8, 4) is 0 Å². The molecule has 0 aliphatic rings. The average Bonchev–Trinajstić information content (AvgIpc) is 2.27. The van der Waals surface area contributed by atoms with Gasteiger partial charge in [-0.05, 0) is 18.2 Å². The standard InChI is InChI=1S/C10H8F3N3O2/c11-10(12,13)5-1-2-6-7(3-5)15-9(18)16(4-14)8(6)17/h1-3H,4,14H2,(H,15,18). The molecule has 0 saturated carbocycles. The Bertz CT molecular complexity index is 715. The first-order valence-corrected chi connectivity index (χ1v) is 4.88. The van der Waals surface area contributed by atoms with E-state index >= 15 is 0 Å². The zero-order chi connectivity index (χ0) is 13.5. The molecule has 0 spiro atoms. The molecule has 8 heteroatoms. The number of rotatable bonds is 1. The van der Waals surface area contributed by atoms with E-state index in [-0.39, 0.29) is 17.6 Å². The molecule has 0 unspecified atom stereocenters. The van der Waals surface area contributed by atoms with E-state index in [2.05, 4.69) is 4.98 Å². The van der Waals surface area contributed by atoms with Gasteiger partial charge in [0.05, 0.1) is 23.1 Å². The quantitative estimate of drug-likeness (QED) is 0.788. The van der Waals surface area contributed by atoms with E-state index in [0.29, 0.717) is 4.57 Å². The molecule has 0 atom stereocenters. The normalized spacial score (nSPS) is 12.0. The number of aromatic nitrogens is 2. The van der Waals surface area contributed by atoms with Crippen LogP contribution < -0.4 is 17.0 Å². The smallest absolute Gasteiger partial charge is 0.313 e. The zero-order valence-corrected chi connectivity index (χ0v) is 8.91. The number of hydrogen-bond acceptors (Lipinski definition) is 3. The average molecular weight is 259 g/mol. The molecule has 96 valence electrons. The van der Waals surface area contributed by atoms with Crippen molar-refractivity contribution in [1.82, 2.24) is 9.55 Å². The predicted octanol–water partition coefficient (Wildman–Crippen LogP) is 0.625. The molecule has 5 nitrogen and oxygen atoms in total. The zero-order valence-electron chi connectivity index (χ0n) is 8.91. The van der Waals surface area contributed by atoms with E-state index in [0.717, 1.165) is 18.2 Å². The summed E-state index contributed by atoms with van der Waals surface area (Å²) in [6.45, 7) is -0.342. The molecule has 2 aromatic rings. The maximum Gasteiger partial charge on any atom is 0.416 e. The molecule has 1 aromatic carbocycles. The van der Waals surface area contributed by atoms with Crippen molar-refractivity contribution in [3.63, 3.8) is 0 Å². The van der Waals surface area contributed by atoms with Gasteiger partial charge < -0.3 is 10.7 Å². The highest BCUT2D eigenvalue weighted by Crippen LogP contribution is 2.30. The molecule has 0 fully saturated rings. The lowest BCUT2D eigenvalue weighted by atomic mass is 10.1. The molecule has 1 aromatic heterocycles. The summed E-state index contributed by atoms with van der Waals surface area (Å²) in [6, 6.07) is 2.52. The maximum absolute atomic E-state index is 12.5. The lowest BCUT2D eigenvalue weighted by Gasteiger charge is -2.08. The summed E-state index contributed by atoms with van der Waals surface area (Å²) in [5, 5.41) is -0.0203. The Hall–Kier alpha value is -2.09. The third-order valence-electron chi connectivity index (χ3n) is 2.49. The fraction of sp³-hybridized carbons (Fsp3) is 0.200. The van der Waals surface area contributed by atoms with E-state index in [1.165, 1.54) is 0 Å². The van der Waals surface area contributed by atoms with Crippen LogP contribution in [0.5, 0.6) is 0 Å². The molecule has 0 radical (unpaired) electrons. The van der Waals surface area contributed by atoms with Crippen LogP contribution in [0.4, 0.5) is 13.2 Å². The number of H-pyrrole nitrogens is 1. The van der Waals surface area contributed by atoms with Gasteiger partial charge in [0.25, 0.3) is 5.56 Å². The van der Waals surface area contributed by atoms with Crippen LogP contribution in [-0.4, -0.2) is 9.55 Å². The third kappa shape index (κ3) is 1.90. The summed E-state index contributed by atoms with van der Waals surface area (Å²) >= 11 is 0. The second-order valence-electron chi connectivity index (χ2n) is 3.60. The molecule has 3 N–H and O–H groups in total. The van der Waals surface area contributed by atoms with Crippen LogP contribution in [0.1, 0.15) is 5.56 Å². The first-order chi connectivity index (χ1) is 8.34. The second kappa shape index (κ2) is 3.98. The summed E-state index contributed by atoms with van der Waals surface area (Å²) in [5.41, 5.74) is 2.55. The second-order valence-corrected chi connectivity index (χ2v) is 3.60. The molecular formula is C10H8F3N3O2. The van der Waals surface area contributed by atoms with Gasteiger partial charge in [-0.2, -0.15) is 13.2 Å². The Balaban J connectivity index is 2.82. The fourth-order valence-corrected chi connectivity index (χ4v) is 1.60. The van der Waals surface area contributed by atoms with Gasteiger partial charge in [-0.1, -0.05) is 0 Å². The molecule has 0 aliphatic heterocycles. The number of nitrogens with one attached hydrogen (secondary N) is 1. The van der Waals surface area contributed by atoms with E-state index in [4.69, 9.17) is 5.73 Å². The van der Waals surface area contributed by atoms with Crippen molar-refractivity contribution in [1.29, 1.82) is 0 Å². The van der Waals surface area contributed by atoms with Gasteiger partial charge in [0.2, 0.25) is 0 Å². The molecule has 0 saturated heterocycles. The van der Waals surface area contributed by atoms with Crippen LogP contribution in [0.3, 0.4) is 0 Å². The van der Waals surface area contributed by atoms with Gasteiger partial charge >= 0.3 is 11.9 Å². The van der Waals surface area contributed by atoms with Crippen LogP contribution in [0.2, 0.25) is 0 Å². The van der Waals surface area contributed by atoms with Gasteiger partial charge in [-0.15, -0.1) is 0 Å². The highest BCUT2D eigenvalue weighted by molar-refractivity contribution is 5.78. The predicted molar refractivity (Wildman–Crippen MR) is 58.0 cm³/mol. The minimum Gasteiger partial charge on any atom is -0.313 e. The Morgan fingerprint density at radius 2 is 1.94 bits per heavy atom. The number of nitrogens with two attached hydrogens (primary N) is 1. The largest absolute Gasteiger partial charge is 0.416 e. The van der Waals surface area contributed by atoms with E-state index in [1.54, 1.807) is 0 Å². The molecule has 0 aliphatic carbocycles. The van der Waals surface area contributed by atoms with Crippen molar-refractivity contribution in [3.05, 3.63) is 44.6 Å². The van der Waals surface area contributed by atoms with Crippen molar-refractivity contribution in [2.45, 2.75) is 12.8 Å². The van der Waals surface area contributed by atoms with Gasteiger partial charge in [-0.3, -0.25) is 4.79 Å². The molecule has 1 heterocycles. The number of alkyl halides is 3. The molecule has 0 amide bonds. The lowest BCUT2D eigenvalue weighted by Crippen LogP contribution is -2.37. The topological polar surface area (TPSA) is 80.9 Å². The Morgan fingerprint density at radius 1 is 1.28 bits per heavy atom. The van der Waals surface area contributed by atoms with E-state index in [9.17, 15) is 22.8 Å². The third-order valence-corrected chi connectivity index (χ3v) is 2.49. The van der Waals surface area contributed by atoms with Gasteiger partial charge in [0, 0.05) is 0 Å². The van der Waals surface area contributed by atoms with Crippen molar-refractivity contribution >= 4 is 10.9 Å². The first kappa shape index (κ1) is 12.4. The minimum absolute atomic E-state index is 0.0203. The lowest BCUT2D eigenvalue weighted by molar-refractivity contribution is -0.137. The Kier molecular flexibility index (Phi) is 2.74. The highest BCUT2D eigenvalue weighted by atomic mass is 19.4. The number of nitrogens with zero attached hydrogens (tertiary/aromatic N) is 1. The van der Waals surface area contributed by atoms with Gasteiger partial charge in [0.15, 0.2) is 0 Å². The molecule has 2 rings (SSSR count). The van der Waals surface area contributed by atoms with Crippen LogP contribution in [0.25, 0.3) is 10.9 Å². The van der Waals surface area contributed by atoms with Crippen molar-refractivity contribution < 1.29 is 13.2 Å². The number of aromatic amines is 1. The summed E-state index contributed by atoms with van der Waals surface area (Å²) in [6.07, 6.45) is -4.53. The monoisotopic (exact) mass is 259 g/mol. The fourth-order valence-electron chi connectivity index (χ4n) is 1.60. The van der Waals surface area contributed by atoms with Crippen molar-refractivity contribution in [2.75, 3.05) is 0 Å². The van der Waals surface area contributed by atoms with Crippen LogP contribution in [0.15, 0.2) is 27.8 Å². The van der Waals surface area contributed by atoms with Gasteiger partial charge in [0.1, 0.15) is 0 Å². The molecule has 0 bridgehead atoms. The molecular weight excluding hydrogens is 251 g/mol. The van der Waals surface area contributed by atoms with Gasteiger partial charge in [-0.25, -0.2) is 9.36 Å². The van der Waals surface area contributed by atoms with Crippen LogP contribution in [-0.2, 0) is 12.8 Å². The summed E-state index contributed by atoms with van der Waals surface area (Å²) in [4.78, 5) is 25.3. The summed E-state index contributed by atoms with van der Waals surface area (Å²) in [5.74, 6) is 0. The van der Waals surface area contributed by atoms with Crippen LogP contribution >= 0.6 is 0 Å². The summed E-state index contributed by atoms with van der Waals surface area (Å²) < 4.78 is 38.1. The van der Waals surface area contributed by atoms with Crippen molar-refractivity contribution in [2.24, 2.45) is 5.73 Å². The number of benzene rings is 1. The SMILES string of the molecule is NCn1c(=O)[nH]c2cc(C(F)(F)F)ccc2c1=O. The number of hydrogen-bond donors (Lipinski definition) is 2. The Morgan fingerprint density at radius 3 is 2.50 bits per heavy atom. The molecule has 18 heavy (non-hydrogen) atoms. The Labute approximate surface area is 97.7 Å². The number of fused-ring (bicyclic) bond motifs is 1. The number of halogens is 3. The summed E-state index contributed by atoms with van der Waals surface area (Å²) in [7, 11) is 0. The van der Waals surface area contributed by atoms with Crippen LogP contribution in [0, 0.1) is 0 Å². The highest BCUT2D eigenvalue weighted by Gasteiger charge is 2.30. The van der Waals surface area contributed by atoms with E-state index < -0.39 is 23.0 Å².